The molecule has 0 radical (unpaired) electrons. The molecule has 1 rings (SSSR count). The SMILES string of the molecule is CCC(CCO)CNC(C(=O)OC)C1CC1. The van der Waals surface area contributed by atoms with E-state index in [1.54, 1.807) is 0 Å². The van der Waals surface area contributed by atoms with E-state index in [-0.39, 0.29) is 18.6 Å². The van der Waals surface area contributed by atoms with Crippen LogP contribution in [0.3, 0.4) is 0 Å². The maximum absolute atomic E-state index is 11.5. The summed E-state index contributed by atoms with van der Waals surface area (Å²) in [5.74, 6) is 0.747. The van der Waals surface area contributed by atoms with E-state index in [4.69, 9.17) is 9.84 Å². The Morgan fingerprint density at radius 3 is 2.69 bits per heavy atom. The van der Waals surface area contributed by atoms with Gasteiger partial charge >= 0.3 is 5.97 Å². The average Bonchev–Trinajstić information content (AvgIpc) is 3.11. The molecule has 1 aliphatic rings. The third-order valence-corrected chi connectivity index (χ3v) is 3.29. The van der Waals surface area contributed by atoms with Crippen LogP contribution in [0, 0.1) is 11.8 Å². The third-order valence-electron chi connectivity index (χ3n) is 3.29. The minimum absolute atomic E-state index is 0.141. The van der Waals surface area contributed by atoms with Gasteiger partial charge in [0.05, 0.1) is 7.11 Å². The van der Waals surface area contributed by atoms with E-state index in [2.05, 4.69) is 12.2 Å². The van der Waals surface area contributed by atoms with Crippen molar-refractivity contribution in [2.45, 2.75) is 38.6 Å². The molecular weight excluding hydrogens is 206 g/mol. The van der Waals surface area contributed by atoms with Crippen LogP contribution in [0.5, 0.6) is 0 Å². The summed E-state index contributed by atoms with van der Waals surface area (Å²) in [7, 11) is 1.43. The van der Waals surface area contributed by atoms with Crippen LogP contribution in [0.2, 0.25) is 0 Å². The number of aliphatic hydroxyl groups excluding tert-OH is 1. The van der Waals surface area contributed by atoms with Crippen molar-refractivity contribution in [1.82, 2.24) is 5.32 Å². The van der Waals surface area contributed by atoms with Gasteiger partial charge in [-0.3, -0.25) is 4.79 Å². The number of aliphatic hydroxyl groups is 1. The van der Waals surface area contributed by atoms with E-state index in [0.29, 0.717) is 11.8 Å². The second kappa shape index (κ2) is 6.86. The van der Waals surface area contributed by atoms with Crippen LogP contribution in [0.25, 0.3) is 0 Å². The van der Waals surface area contributed by atoms with Crippen molar-refractivity contribution in [1.29, 1.82) is 0 Å². The van der Waals surface area contributed by atoms with Gasteiger partial charge < -0.3 is 15.2 Å². The lowest BCUT2D eigenvalue weighted by Gasteiger charge is -2.20. The van der Waals surface area contributed by atoms with Crippen LogP contribution in [0.4, 0.5) is 0 Å². The van der Waals surface area contributed by atoms with Crippen LogP contribution in [-0.2, 0) is 9.53 Å². The molecule has 4 heteroatoms. The molecule has 16 heavy (non-hydrogen) atoms. The lowest BCUT2D eigenvalue weighted by atomic mass is 10.0. The Morgan fingerprint density at radius 2 is 2.25 bits per heavy atom. The Morgan fingerprint density at radius 1 is 1.56 bits per heavy atom. The van der Waals surface area contributed by atoms with E-state index < -0.39 is 0 Å². The molecule has 1 fully saturated rings. The van der Waals surface area contributed by atoms with Crippen LogP contribution in [-0.4, -0.2) is 37.4 Å². The Hall–Kier alpha value is -0.610. The zero-order valence-corrected chi connectivity index (χ0v) is 10.2. The predicted molar refractivity (Wildman–Crippen MR) is 62.0 cm³/mol. The Kier molecular flexibility index (Phi) is 5.77. The van der Waals surface area contributed by atoms with Gasteiger partial charge in [-0.2, -0.15) is 0 Å². The highest BCUT2D eigenvalue weighted by Gasteiger charge is 2.36. The van der Waals surface area contributed by atoms with Gasteiger partial charge in [-0.25, -0.2) is 0 Å². The molecule has 0 saturated heterocycles. The summed E-state index contributed by atoms with van der Waals surface area (Å²) in [5, 5.41) is 12.2. The van der Waals surface area contributed by atoms with Crippen molar-refractivity contribution in [3.05, 3.63) is 0 Å². The van der Waals surface area contributed by atoms with E-state index in [1.807, 2.05) is 0 Å². The van der Waals surface area contributed by atoms with Gasteiger partial charge in [0, 0.05) is 6.61 Å². The van der Waals surface area contributed by atoms with Crippen LogP contribution in [0.15, 0.2) is 0 Å². The second-order valence-corrected chi connectivity index (χ2v) is 4.53. The molecule has 0 bridgehead atoms. The molecule has 94 valence electrons. The fourth-order valence-corrected chi connectivity index (χ4v) is 1.93. The molecule has 0 heterocycles. The number of esters is 1. The van der Waals surface area contributed by atoms with Crippen LogP contribution in [0.1, 0.15) is 32.6 Å². The second-order valence-electron chi connectivity index (χ2n) is 4.53. The summed E-state index contributed by atoms with van der Waals surface area (Å²) in [6.45, 7) is 3.10. The molecule has 2 N–H and O–H groups in total. The maximum atomic E-state index is 11.5. The summed E-state index contributed by atoms with van der Waals surface area (Å²) < 4.78 is 4.79. The first-order valence-electron chi connectivity index (χ1n) is 6.15. The molecular formula is C12H23NO3. The summed E-state index contributed by atoms with van der Waals surface area (Å²) >= 11 is 0. The summed E-state index contributed by atoms with van der Waals surface area (Å²) in [6, 6.07) is -0.141. The standard InChI is InChI=1S/C12H23NO3/c1-3-9(6-7-14)8-13-11(10-4-5-10)12(15)16-2/h9-11,13-14H,3-8H2,1-2H3. The van der Waals surface area contributed by atoms with Crippen LogP contribution >= 0.6 is 0 Å². The molecule has 1 aliphatic carbocycles. The number of nitrogens with one attached hydrogen (secondary N) is 1. The molecule has 0 amide bonds. The molecule has 4 nitrogen and oxygen atoms in total. The smallest absolute Gasteiger partial charge is 0.323 e. The van der Waals surface area contributed by atoms with Gasteiger partial charge in [-0.05, 0) is 37.6 Å². The first-order chi connectivity index (χ1) is 7.72. The van der Waals surface area contributed by atoms with Crippen molar-refractivity contribution >= 4 is 5.97 Å². The van der Waals surface area contributed by atoms with Crippen molar-refractivity contribution in [3.63, 3.8) is 0 Å². The highest BCUT2D eigenvalue weighted by atomic mass is 16.5. The number of carbonyl (C=O) groups excluding carboxylic acids is 1. The van der Waals surface area contributed by atoms with Crippen LogP contribution < -0.4 is 5.32 Å². The molecule has 0 spiro atoms. The van der Waals surface area contributed by atoms with Gasteiger partial charge in [-0.15, -0.1) is 0 Å². The number of rotatable bonds is 8. The minimum atomic E-state index is -0.152. The lowest BCUT2D eigenvalue weighted by Crippen LogP contribution is -2.42. The number of hydrogen-bond donors (Lipinski definition) is 2. The number of hydrogen-bond acceptors (Lipinski definition) is 4. The van der Waals surface area contributed by atoms with Crippen molar-refractivity contribution in [2.24, 2.45) is 11.8 Å². The molecule has 0 aliphatic heterocycles. The monoisotopic (exact) mass is 229 g/mol. The van der Waals surface area contributed by atoms with E-state index >= 15 is 0 Å². The first-order valence-corrected chi connectivity index (χ1v) is 6.15. The van der Waals surface area contributed by atoms with Crippen molar-refractivity contribution in [3.8, 4) is 0 Å². The summed E-state index contributed by atoms with van der Waals surface area (Å²) in [5.41, 5.74) is 0. The zero-order valence-electron chi connectivity index (χ0n) is 10.2. The first kappa shape index (κ1) is 13.5. The summed E-state index contributed by atoms with van der Waals surface area (Å²) in [6.07, 6.45) is 4.04. The normalized spacial score (nSPS) is 19.2. The van der Waals surface area contributed by atoms with Crippen molar-refractivity contribution < 1.29 is 14.6 Å². The van der Waals surface area contributed by atoms with Gasteiger partial charge in [0.15, 0.2) is 0 Å². The molecule has 1 saturated carbocycles. The molecule has 2 unspecified atom stereocenters. The summed E-state index contributed by atoms with van der Waals surface area (Å²) in [4.78, 5) is 11.5. The quantitative estimate of drug-likeness (QED) is 0.608. The number of methoxy groups -OCH3 is 1. The van der Waals surface area contributed by atoms with E-state index in [1.165, 1.54) is 7.11 Å². The molecule has 0 aromatic carbocycles. The zero-order chi connectivity index (χ0) is 12.0. The fourth-order valence-electron chi connectivity index (χ4n) is 1.93. The molecule has 2 atom stereocenters. The molecule has 0 aromatic heterocycles. The topological polar surface area (TPSA) is 58.6 Å². The predicted octanol–water partition coefficient (Wildman–Crippen LogP) is 0.936. The number of ether oxygens (including phenoxy) is 1. The van der Waals surface area contributed by atoms with Gasteiger partial charge in [0.25, 0.3) is 0 Å². The van der Waals surface area contributed by atoms with Crippen molar-refractivity contribution in [2.75, 3.05) is 20.3 Å². The van der Waals surface area contributed by atoms with E-state index in [9.17, 15) is 4.79 Å². The molecule has 0 aromatic rings. The number of carbonyl (C=O) groups is 1. The average molecular weight is 229 g/mol. The minimum Gasteiger partial charge on any atom is -0.468 e. The lowest BCUT2D eigenvalue weighted by molar-refractivity contribution is -0.143. The Bertz CT molecular complexity index is 216. The van der Waals surface area contributed by atoms with Gasteiger partial charge in [-0.1, -0.05) is 13.3 Å². The highest BCUT2D eigenvalue weighted by Crippen LogP contribution is 2.33. The Labute approximate surface area is 97.4 Å². The fraction of sp³-hybridized carbons (Fsp3) is 0.917. The maximum Gasteiger partial charge on any atom is 0.323 e. The highest BCUT2D eigenvalue weighted by molar-refractivity contribution is 5.76. The third kappa shape index (κ3) is 4.10. The largest absolute Gasteiger partial charge is 0.468 e. The van der Waals surface area contributed by atoms with Gasteiger partial charge in [0.1, 0.15) is 6.04 Å². The van der Waals surface area contributed by atoms with E-state index in [0.717, 1.165) is 32.2 Å². The van der Waals surface area contributed by atoms with Gasteiger partial charge in [0.2, 0.25) is 0 Å². The Balaban J connectivity index is 2.33.